The van der Waals surface area contributed by atoms with Crippen molar-refractivity contribution in [1.29, 1.82) is 0 Å². The van der Waals surface area contributed by atoms with Crippen molar-refractivity contribution in [1.82, 2.24) is 0 Å². The number of hydrogen-bond donors (Lipinski definition) is 0. The quantitative estimate of drug-likeness (QED) is 0.0261. The molecule has 6 heteroatoms. The van der Waals surface area contributed by atoms with Gasteiger partial charge in [0.15, 0.2) is 6.10 Å². The predicted molar refractivity (Wildman–Crippen MR) is 349 cm³/mol. The molecule has 0 amide bonds. The molecule has 0 aromatic carbocycles. The van der Waals surface area contributed by atoms with Crippen molar-refractivity contribution >= 4 is 17.9 Å². The van der Waals surface area contributed by atoms with Gasteiger partial charge in [0.05, 0.1) is 0 Å². The highest BCUT2D eigenvalue weighted by molar-refractivity contribution is 5.71. The first-order valence-electron chi connectivity index (χ1n) is 36.0. The zero-order valence-electron chi connectivity index (χ0n) is 54.1. The van der Waals surface area contributed by atoms with Crippen molar-refractivity contribution in [2.45, 2.75) is 406 Å². The van der Waals surface area contributed by atoms with E-state index in [-0.39, 0.29) is 31.1 Å². The van der Waals surface area contributed by atoms with Crippen molar-refractivity contribution in [3.8, 4) is 0 Å². The fourth-order valence-electron chi connectivity index (χ4n) is 10.9. The molecule has 1 unspecified atom stereocenters. The molecule has 6 nitrogen and oxygen atoms in total. The van der Waals surface area contributed by atoms with Crippen molar-refractivity contribution in [3.63, 3.8) is 0 Å². The predicted octanol–water partition coefficient (Wildman–Crippen LogP) is 24.7. The second-order valence-electron chi connectivity index (χ2n) is 24.5. The smallest absolute Gasteiger partial charge is 0.306 e. The summed E-state index contributed by atoms with van der Waals surface area (Å²) in [5, 5.41) is 0. The number of esters is 3. The van der Waals surface area contributed by atoms with Crippen molar-refractivity contribution < 1.29 is 28.6 Å². The van der Waals surface area contributed by atoms with Crippen molar-refractivity contribution in [2.24, 2.45) is 0 Å². The number of hydrogen-bond acceptors (Lipinski definition) is 6. The minimum atomic E-state index is -0.771. The van der Waals surface area contributed by atoms with Crippen LogP contribution in [0.2, 0.25) is 0 Å². The Balaban J connectivity index is 4.24. The Morgan fingerprint density at radius 2 is 0.450 bits per heavy atom. The first-order valence-corrected chi connectivity index (χ1v) is 36.0. The summed E-state index contributed by atoms with van der Waals surface area (Å²) < 4.78 is 17.0. The van der Waals surface area contributed by atoms with Crippen LogP contribution in [-0.4, -0.2) is 37.2 Å². The van der Waals surface area contributed by atoms with E-state index < -0.39 is 6.10 Å². The van der Waals surface area contributed by atoms with Crippen LogP contribution < -0.4 is 0 Å². The standard InChI is InChI=1S/C74H138O6/c1-4-7-10-13-16-19-22-25-28-30-32-34-35-36-37-38-39-41-42-44-46-49-52-55-58-61-64-67-73(76)79-70-71(69-78-72(75)66-63-60-57-54-51-48-27-24-21-18-15-12-9-6-3)80-74(77)68-65-62-59-56-53-50-47-45-43-40-33-31-29-26-23-20-17-14-11-8-5-2/h22,25,30-33,71H,4-21,23-24,26-29,34-70H2,1-3H3/b25-22-,32-30-,33-31-. The summed E-state index contributed by atoms with van der Waals surface area (Å²) in [6, 6.07) is 0. The summed E-state index contributed by atoms with van der Waals surface area (Å²) in [4.78, 5) is 38.4. The third kappa shape index (κ3) is 66.4. The molecule has 0 radical (unpaired) electrons. The first-order chi connectivity index (χ1) is 39.5. The van der Waals surface area contributed by atoms with Gasteiger partial charge in [0.1, 0.15) is 13.2 Å². The molecule has 0 aromatic rings. The zero-order chi connectivity index (χ0) is 57.8. The normalized spacial score (nSPS) is 12.2. The van der Waals surface area contributed by atoms with Crippen LogP contribution in [0, 0.1) is 0 Å². The van der Waals surface area contributed by atoms with Crippen LogP contribution in [-0.2, 0) is 28.6 Å². The molecule has 1 atom stereocenters. The highest BCUT2D eigenvalue weighted by atomic mass is 16.6. The van der Waals surface area contributed by atoms with Gasteiger partial charge >= 0.3 is 17.9 Å². The highest BCUT2D eigenvalue weighted by Gasteiger charge is 2.19. The molecule has 0 N–H and O–H groups in total. The molecule has 0 saturated heterocycles. The van der Waals surface area contributed by atoms with Gasteiger partial charge < -0.3 is 14.2 Å². The number of unbranched alkanes of at least 4 members (excludes halogenated alkanes) is 50. The Kier molecular flexibility index (Phi) is 67.1. The van der Waals surface area contributed by atoms with Gasteiger partial charge in [-0.05, 0) is 77.0 Å². The van der Waals surface area contributed by atoms with Gasteiger partial charge in [-0.15, -0.1) is 0 Å². The van der Waals surface area contributed by atoms with E-state index in [0.29, 0.717) is 19.3 Å². The summed E-state index contributed by atoms with van der Waals surface area (Å²) in [5.41, 5.74) is 0. The average molecular weight is 1120 g/mol. The monoisotopic (exact) mass is 1120 g/mol. The van der Waals surface area contributed by atoms with Gasteiger partial charge in [0.2, 0.25) is 0 Å². The van der Waals surface area contributed by atoms with E-state index >= 15 is 0 Å². The molecule has 0 aliphatic heterocycles. The van der Waals surface area contributed by atoms with Gasteiger partial charge in [0, 0.05) is 19.3 Å². The average Bonchev–Trinajstić information content (AvgIpc) is 3.46. The van der Waals surface area contributed by atoms with Crippen molar-refractivity contribution in [2.75, 3.05) is 13.2 Å². The number of rotatable bonds is 67. The Hall–Kier alpha value is -2.37. The van der Waals surface area contributed by atoms with Crippen LogP contribution in [0.3, 0.4) is 0 Å². The molecule has 0 bridgehead atoms. The summed E-state index contributed by atoms with van der Waals surface area (Å²) in [6.07, 6.45) is 86.0. The number of carbonyl (C=O) groups excluding carboxylic acids is 3. The lowest BCUT2D eigenvalue weighted by Crippen LogP contribution is -2.30. The third-order valence-corrected chi connectivity index (χ3v) is 16.4. The van der Waals surface area contributed by atoms with E-state index in [1.807, 2.05) is 0 Å². The fraction of sp³-hybridized carbons (Fsp3) is 0.878. The number of carbonyl (C=O) groups is 3. The van der Waals surface area contributed by atoms with E-state index in [1.165, 1.54) is 295 Å². The van der Waals surface area contributed by atoms with E-state index in [1.54, 1.807) is 0 Å². The lowest BCUT2D eigenvalue weighted by Gasteiger charge is -2.18. The van der Waals surface area contributed by atoms with Crippen LogP contribution in [0.4, 0.5) is 0 Å². The molecule has 470 valence electrons. The summed E-state index contributed by atoms with van der Waals surface area (Å²) >= 11 is 0. The maximum absolute atomic E-state index is 13.0. The van der Waals surface area contributed by atoms with Crippen LogP contribution in [0.15, 0.2) is 36.5 Å². The maximum Gasteiger partial charge on any atom is 0.306 e. The molecule has 0 saturated carbocycles. The lowest BCUT2D eigenvalue weighted by atomic mass is 10.0. The Labute approximate surface area is 499 Å². The summed E-state index contributed by atoms with van der Waals surface area (Å²) in [7, 11) is 0. The van der Waals surface area contributed by atoms with Crippen LogP contribution >= 0.6 is 0 Å². The van der Waals surface area contributed by atoms with Gasteiger partial charge in [0.25, 0.3) is 0 Å². The molecule has 0 aliphatic rings. The van der Waals surface area contributed by atoms with Crippen LogP contribution in [0.25, 0.3) is 0 Å². The van der Waals surface area contributed by atoms with Gasteiger partial charge in [-0.3, -0.25) is 14.4 Å². The molecule has 0 aliphatic carbocycles. The second-order valence-corrected chi connectivity index (χ2v) is 24.5. The van der Waals surface area contributed by atoms with Crippen LogP contribution in [0.5, 0.6) is 0 Å². The zero-order valence-corrected chi connectivity index (χ0v) is 54.1. The Bertz CT molecular complexity index is 1340. The Morgan fingerprint density at radius 3 is 0.700 bits per heavy atom. The van der Waals surface area contributed by atoms with Gasteiger partial charge in [-0.25, -0.2) is 0 Å². The Morgan fingerprint density at radius 1 is 0.250 bits per heavy atom. The van der Waals surface area contributed by atoms with E-state index in [9.17, 15) is 14.4 Å². The third-order valence-electron chi connectivity index (χ3n) is 16.4. The molecule has 0 spiro atoms. The lowest BCUT2D eigenvalue weighted by molar-refractivity contribution is -0.167. The first kappa shape index (κ1) is 77.6. The molecular weight excluding hydrogens is 985 g/mol. The summed E-state index contributed by atoms with van der Waals surface area (Å²) in [6.45, 7) is 6.70. The van der Waals surface area contributed by atoms with E-state index in [4.69, 9.17) is 14.2 Å². The fourth-order valence-corrected chi connectivity index (χ4v) is 10.9. The van der Waals surface area contributed by atoms with E-state index in [0.717, 1.165) is 64.2 Å². The number of ether oxygens (including phenoxy) is 3. The topological polar surface area (TPSA) is 78.9 Å². The maximum atomic E-state index is 13.0. The van der Waals surface area contributed by atoms with Gasteiger partial charge in [-0.2, -0.15) is 0 Å². The molecule has 80 heavy (non-hydrogen) atoms. The molecular formula is C74H138O6. The molecule has 0 aromatic heterocycles. The SMILES string of the molecule is CCCCCCC/C=C\C/C=C\CCCCCCCCCCCCCCCCCC(=O)OCC(COC(=O)CCCCCCCCCCCCCCCC)OC(=O)CCCCCCCCCCC/C=C\CCCCCCCCCC. The van der Waals surface area contributed by atoms with Crippen molar-refractivity contribution in [3.05, 3.63) is 36.5 Å². The minimum Gasteiger partial charge on any atom is -0.462 e. The molecule has 0 rings (SSSR count). The molecule has 0 fully saturated rings. The van der Waals surface area contributed by atoms with E-state index in [2.05, 4.69) is 57.2 Å². The highest BCUT2D eigenvalue weighted by Crippen LogP contribution is 2.18. The van der Waals surface area contributed by atoms with Gasteiger partial charge in [-0.1, -0.05) is 340 Å². The number of allylic oxidation sites excluding steroid dienone is 6. The van der Waals surface area contributed by atoms with Crippen LogP contribution in [0.1, 0.15) is 400 Å². The summed E-state index contributed by atoms with van der Waals surface area (Å²) in [5.74, 6) is -0.839. The second kappa shape index (κ2) is 69.1. The largest absolute Gasteiger partial charge is 0.462 e. The minimum absolute atomic E-state index is 0.0671. The molecule has 0 heterocycles.